The number of carbonyl (C=O) groups excluding carboxylic acids is 1. The Morgan fingerprint density at radius 3 is 2.63 bits per heavy atom. The first-order valence-electron chi connectivity index (χ1n) is 9.82. The molecule has 2 heterocycles. The van der Waals surface area contributed by atoms with Crippen LogP contribution in [0.3, 0.4) is 0 Å². The fraction of sp³-hybridized carbons (Fsp3) is 0.364. The summed E-state index contributed by atoms with van der Waals surface area (Å²) in [5.41, 5.74) is 2.95. The van der Waals surface area contributed by atoms with Crippen molar-refractivity contribution in [1.29, 1.82) is 0 Å². The number of halogens is 2. The number of carbonyl (C=O) groups is 1. The van der Waals surface area contributed by atoms with E-state index >= 15 is 0 Å². The molecular weight excluding hydrogens is 441 g/mol. The van der Waals surface area contributed by atoms with Gasteiger partial charge in [0.2, 0.25) is 5.91 Å². The Kier molecular flexibility index (Phi) is 8.08. The Morgan fingerprint density at radius 1 is 1.20 bits per heavy atom. The second kappa shape index (κ2) is 10.6. The highest BCUT2D eigenvalue weighted by Crippen LogP contribution is 2.35. The lowest BCUT2D eigenvalue weighted by molar-refractivity contribution is -0.118. The summed E-state index contributed by atoms with van der Waals surface area (Å²) < 4.78 is 6.37. The SMILES string of the molecule is Cc1ccc(Cl)c2sc(N(CCN3CCOCC3)C(=O)Cc3ccccc3)nc12.Cl. The number of benzene rings is 2. The Balaban J connectivity index is 0.00000256. The van der Waals surface area contributed by atoms with Gasteiger partial charge < -0.3 is 4.74 Å². The van der Waals surface area contributed by atoms with Gasteiger partial charge >= 0.3 is 0 Å². The smallest absolute Gasteiger partial charge is 0.233 e. The van der Waals surface area contributed by atoms with Crippen molar-refractivity contribution in [3.63, 3.8) is 0 Å². The number of rotatable bonds is 6. The molecule has 8 heteroatoms. The number of aromatic nitrogens is 1. The maximum absolute atomic E-state index is 13.2. The maximum atomic E-state index is 13.2. The molecule has 1 saturated heterocycles. The molecule has 1 fully saturated rings. The number of anilines is 1. The zero-order chi connectivity index (χ0) is 20.2. The van der Waals surface area contributed by atoms with Crippen LogP contribution in [0.1, 0.15) is 11.1 Å². The van der Waals surface area contributed by atoms with Gasteiger partial charge in [0.1, 0.15) is 0 Å². The van der Waals surface area contributed by atoms with E-state index < -0.39 is 0 Å². The van der Waals surface area contributed by atoms with Crippen molar-refractivity contribution in [3.8, 4) is 0 Å². The van der Waals surface area contributed by atoms with Crippen molar-refractivity contribution >= 4 is 56.6 Å². The van der Waals surface area contributed by atoms with Crippen molar-refractivity contribution in [3.05, 3.63) is 58.6 Å². The van der Waals surface area contributed by atoms with Crippen LogP contribution in [0, 0.1) is 6.92 Å². The van der Waals surface area contributed by atoms with Crippen LogP contribution in [-0.4, -0.2) is 55.2 Å². The van der Waals surface area contributed by atoms with Gasteiger partial charge in [0, 0.05) is 26.2 Å². The number of morpholine rings is 1. The molecule has 0 radical (unpaired) electrons. The van der Waals surface area contributed by atoms with E-state index in [1.165, 1.54) is 11.3 Å². The summed E-state index contributed by atoms with van der Waals surface area (Å²) in [5.74, 6) is 0.0530. The van der Waals surface area contributed by atoms with Gasteiger partial charge in [0.15, 0.2) is 5.13 Å². The first-order chi connectivity index (χ1) is 14.1. The zero-order valence-electron chi connectivity index (χ0n) is 16.8. The summed E-state index contributed by atoms with van der Waals surface area (Å²) in [6, 6.07) is 13.7. The summed E-state index contributed by atoms with van der Waals surface area (Å²) in [6.45, 7) is 6.69. The van der Waals surface area contributed by atoms with Crippen molar-refractivity contribution in [2.75, 3.05) is 44.3 Å². The molecule has 0 saturated carbocycles. The molecule has 30 heavy (non-hydrogen) atoms. The molecule has 160 valence electrons. The van der Waals surface area contributed by atoms with Crippen LogP contribution in [0.5, 0.6) is 0 Å². The molecule has 0 atom stereocenters. The average molecular weight is 466 g/mol. The predicted octanol–water partition coefficient (Wildman–Crippen LogP) is 4.59. The minimum Gasteiger partial charge on any atom is -0.379 e. The number of hydrogen-bond acceptors (Lipinski definition) is 5. The lowest BCUT2D eigenvalue weighted by Gasteiger charge is -2.29. The number of ether oxygens (including phenoxy) is 1. The van der Waals surface area contributed by atoms with E-state index in [2.05, 4.69) is 4.90 Å². The standard InChI is InChI=1S/C22H24ClN3O2S.ClH/c1-16-7-8-18(23)21-20(16)24-22(29-21)26(10-9-25-11-13-28-14-12-25)19(27)15-17-5-3-2-4-6-17;/h2-8H,9-15H2,1H3;1H. The molecule has 1 aliphatic heterocycles. The minimum atomic E-state index is 0. The van der Waals surface area contributed by atoms with E-state index in [0.29, 0.717) is 23.1 Å². The third-order valence-electron chi connectivity index (χ3n) is 5.16. The molecule has 0 spiro atoms. The van der Waals surface area contributed by atoms with Crippen LogP contribution in [0.2, 0.25) is 5.02 Å². The number of hydrogen-bond donors (Lipinski definition) is 0. The number of fused-ring (bicyclic) bond motifs is 1. The van der Waals surface area contributed by atoms with Gasteiger partial charge in [-0.3, -0.25) is 14.6 Å². The minimum absolute atomic E-state index is 0. The van der Waals surface area contributed by atoms with E-state index in [4.69, 9.17) is 21.3 Å². The molecule has 0 aliphatic carbocycles. The average Bonchev–Trinajstić information content (AvgIpc) is 3.19. The quantitative estimate of drug-likeness (QED) is 0.533. The van der Waals surface area contributed by atoms with Gasteiger partial charge in [-0.25, -0.2) is 4.98 Å². The second-order valence-electron chi connectivity index (χ2n) is 7.20. The topological polar surface area (TPSA) is 45.7 Å². The van der Waals surface area contributed by atoms with Crippen LogP contribution in [0.25, 0.3) is 10.2 Å². The molecule has 0 unspecified atom stereocenters. The highest BCUT2D eigenvalue weighted by atomic mass is 35.5. The third kappa shape index (κ3) is 5.31. The molecule has 1 aromatic heterocycles. The molecule has 2 aromatic carbocycles. The van der Waals surface area contributed by atoms with Crippen LogP contribution in [0.4, 0.5) is 5.13 Å². The van der Waals surface area contributed by atoms with Gasteiger partial charge in [0.05, 0.1) is 34.9 Å². The molecule has 3 aromatic rings. The van der Waals surface area contributed by atoms with Gasteiger partial charge in [-0.2, -0.15) is 0 Å². The lowest BCUT2D eigenvalue weighted by Crippen LogP contribution is -2.43. The largest absolute Gasteiger partial charge is 0.379 e. The van der Waals surface area contributed by atoms with Gasteiger partial charge in [-0.05, 0) is 24.1 Å². The number of thiazole rings is 1. The van der Waals surface area contributed by atoms with E-state index in [-0.39, 0.29) is 18.3 Å². The summed E-state index contributed by atoms with van der Waals surface area (Å²) >= 11 is 7.89. The van der Waals surface area contributed by atoms with Crippen LogP contribution >= 0.6 is 35.3 Å². The van der Waals surface area contributed by atoms with E-state index in [0.717, 1.165) is 54.2 Å². The first kappa shape index (κ1) is 23.0. The van der Waals surface area contributed by atoms with E-state index in [1.807, 2.05) is 54.3 Å². The van der Waals surface area contributed by atoms with Crippen molar-refractivity contribution in [2.45, 2.75) is 13.3 Å². The summed E-state index contributed by atoms with van der Waals surface area (Å²) in [5, 5.41) is 1.39. The number of amides is 1. The maximum Gasteiger partial charge on any atom is 0.233 e. The number of nitrogens with zero attached hydrogens (tertiary/aromatic N) is 3. The molecule has 5 nitrogen and oxygen atoms in total. The molecule has 1 aliphatic rings. The van der Waals surface area contributed by atoms with Crippen LogP contribution in [0.15, 0.2) is 42.5 Å². The first-order valence-corrected chi connectivity index (χ1v) is 11.0. The van der Waals surface area contributed by atoms with Crippen molar-refractivity contribution in [1.82, 2.24) is 9.88 Å². The molecule has 1 amide bonds. The van der Waals surface area contributed by atoms with Crippen LogP contribution < -0.4 is 4.90 Å². The van der Waals surface area contributed by atoms with Gasteiger partial charge in [-0.15, -0.1) is 12.4 Å². The summed E-state index contributed by atoms with van der Waals surface area (Å²) in [7, 11) is 0. The van der Waals surface area contributed by atoms with Crippen molar-refractivity contribution in [2.24, 2.45) is 0 Å². The lowest BCUT2D eigenvalue weighted by atomic mass is 10.1. The van der Waals surface area contributed by atoms with Gasteiger partial charge in [-0.1, -0.05) is 59.3 Å². The van der Waals surface area contributed by atoms with E-state index in [1.54, 1.807) is 0 Å². The molecule has 4 rings (SSSR count). The predicted molar refractivity (Wildman–Crippen MR) is 126 cm³/mol. The van der Waals surface area contributed by atoms with Gasteiger partial charge in [0.25, 0.3) is 0 Å². The Morgan fingerprint density at radius 2 is 1.93 bits per heavy atom. The summed E-state index contributed by atoms with van der Waals surface area (Å²) in [4.78, 5) is 22.2. The second-order valence-corrected chi connectivity index (χ2v) is 8.58. The van der Waals surface area contributed by atoms with Crippen LogP contribution in [-0.2, 0) is 16.0 Å². The summed E-state index contributed by atoms with van der Waals surface area (Å²) in [6.07, 6.45) is 0.354. The number of aryl methyl sites for hydroxylation is 1. The normalized spacial score (nSPS) is 14.5. The Hall–Kier alpha value is -1.70. The highest BCUT2D eigenvalue weighted by molar-refractivity contribution is 7.23. The monoisotopic (exact) mass is 465 g/mol. The molecule has 0 bridgehead atoms. The molecular formula is C22H25Cl2N3O2S. The van der Waals surface area contributed by atoms with E-state index in [9.17, 15) is 4.79 Å². The Labute approximate surface area is 192 Å². The highest BCUT2D eigenvalue weighted by Gasteiger charge is 2.22. The Bertz CT molecular complexity index is 952. The fourth-order valence-electron chi connectivity index (χ4n) is 3.47. The fourth-order valence-corrected chi connectivity index (χ4v) is 4.83. The zero-order valence-corrected chi connectivity index (χ0v) is 19.2. The third-order valence-corrected chi connectivity index (χ3v) is 6.70. The molecule has 0 N–H and O–H groups in total. The van der Waals surface area contributed by atoms with Crippen molar-refractivity contribution < 1.29 is 9.53 Å².